The van der Waals surface area contributed by atoms with Crippen LogP contribution >= 0.6 is 11.3 Å². The summed E-state index contributed by atoms with van der Waals surface area (Å²) in [6.45, 7) is 0. The van der Waals surface area contributed by atoms with Crippen LogP contribution in [0, 0.1) is 0 Å². The van der Waals surface area contributed by atoms with Crippen LogP contribution in [0.2, 0.25) is 0 Å². The van der Waals surface area contributed by atoms with Crippen molar-refractivity contribution in [2.45, 2.75) is 0 Å². The largest absolute Gasteiger partial charge is 0.456 e. The van der Waals surface area contributed by atoms with Crippen molar-refractivity contribution in [2.75, 3.05) is 4.90 Å². The van der Waals surface area contributed by atoms with Crippen molar-refractivity contribution in [3.05, 3.63) is 188 Å². The van der Waals surface area contributed by atoms with Crippen LogP contribution < -0.4 is 4.90 Å². The van der Waals surface area contributed by atoms with Crippen LogP contribution in [0.5, 0.6) is 0 Å². The first-order valence-electron chi connectivity index (χ1n) is 18.0. The molecule has 0 fully saturated rings. The number of fused-ring (bicyclic) bond motifs is 9. The molecular formula is C50H31NOS. The number of rotatable bonds is 5. The van der Waals surface area contributed by atoms with Crippen molar-refractivity contribution < 1.29 is 4.42 Å². The standard InChI is InChI=1S/C50H31NOS/c1-2-9-32(10-3-1)36-22-27-46-44(30-36)50-45(14-8-15-47(50)52-46)51(39-25-28-49-43(31-39)42-13-6-7-16-48(42)53-49)38-23-19-33(20-24-38)35-21-26-41-37(29-35)18-17-34-11-4-5-12-40(34)41/h1-31H. The van der Waals surface area contributed by atoms with E-state index < -0.39 is 0 Å². The molecule has 3 heteroatoms. The van der Waals surface area contributed by atoms with E-state index in [0.717, 1.165) is 39.0 Å². The van der Waals surface area contributed by atoms with E-state index in [9.17, 15) is 0 Å². The summed E-state index contributed by atoms with van der Waals surface area (Å²) in [5.74, 6) is 0. The molecule has 0 N–H and O–H groups in total. The van der Waals surface area contributed by atoms with Crippen LogP contribution in [0.4, 0.5) is 17.1 Å². The number of nitrogens with zero attached hydrogens (tertiary/aromatic N) is 1. The van der Waals surface area contributed by atoms with Gasteiger partial charge in [-0.15, -0.1) is 11.3 Å². The van der Waals surface area contributed by atoms with Gasteiger partial charge in [0.15, 0.2) is 0 Å². The van der Waals surface area contributed by atoms with Crippen molar-refractivity contribution >= 4 is 92.1 Å². The number of anilines is 3. The zero-order valence-electron chi connectivity index (χ0n) is 28.7. The highest BCUT2D eigenvalue weighted by Crippen LogP contribution is 2.46. The van der Waals surface area contributed by atoms with Crippen molar-refractivity contribution in [3.8, 4) is 22.3 Å². The van der Waals surface area contributed by atoms with Gasteiger partial charge in [-0.25, -0.2) is 0 Å². The van der Waals surface area contributed by atoms with Crippen LogP contribution in [0.1, 0.15) is 0 Å². The molecule has 0 atom stereocenters. The predicted molar refractivity (Wildman–Crippen MR) is 227 cm³/mol. The van der Waals surface area contributed by atoms with E-state index in [0.29, 0.717) is 0 Å². The summed E-state index contributed by atoms with van der Waals surface area (Å²) in [4.78, 5) is 2.40. The van der Waals surface area contributed by atoms with Gasteiger partial charge in [-0.3, -0.25) is 0 Å². The fourth-order valence-electron chi connectivity index (χ4n) is 8.08. The van der Waals surface area contributed by atoms with Crippen molar-refractivity contribution in [3.63, 3.8) is 0 Å². The highest BCUT2D eigenvalue weighted by Gasteiger charge is 2.21. The molecule has 2 nitrogen and oxygen atoms in total. The maximum atomic E-state index is 6.54. The average Bonchev–Trinajstić information content (AvgIpc) is 3.79. The molecule has 0 radical (unpaired) electrons. The Kier molecular flexibility index (Phi) is 6.76. The smallest absolute Gasteiger partial charge is 0.137 e. The lowest BCUT2D eigenvalue weighted by molar-refractivity contribution is 0.669. The number of hydrogen-bond donors (Lipinski definition) is 0. The molecule has 0 bridgehead atoms. The van der Waals surface area contributed by atoms with E-state index in [1.807, 2.05) is 11.3 Å². The van der Waals surface area contributed by atoms with Gasteiger partial charge in [0.25, 0.3) is 0 Å². The molecule has 0 amide bonds. The minimum atomic E-state index is 0.870. The Hall–Kier alpha value is -6.68. The highest BCUT2D eigenvalue weighted by molar-refractivity contribution is 7.25. The highest BCUT2D eigenvalue weighted by atomic mass is 32.1. The van der Waals surface area contributed by atoms with E-state index in [2.05, 4.69) is 193 Å². The Morgan fingerprint density at radius 1 is 0.358 bits per heavy atom. The maximum Gasteiger partial charge on any atom is 0.137 e. The molecule has 11 rings (SSSR count). The molecule has 0 saturated carbocycles. The third-order valence-corrected chi connectivity index (χ3v) is 11.8. The van der Waals surface area contributed by atoms with Gasteiger partial charge in [0, 0.05) is 36.9 Å². The lowest BCUT2D eigenvalue weighted by Crippen LogP contribution is -2.10. The number of thiophene rings is 1. The van der Waals surface area contributed by atoms with Crippen LogP contribution in [0.15, 0.2) is 192 Å². The summed E-state index contributed by atoms with van der Waals surface area (Å²) in [6.07, 6.45) is 0. The molecule has 0 aliphatic carbocycles. The lowest BCUT2D eigenvalue weighted by atomic mass is 9.97. The summed E-state index contributed by atoms with van der Waals surface area (Å²) in [5.41, 5.74) is 9.76. The Balaban J connectivity index is 1.10. The molecular weight excluding hydrogens is 663 g/mol. The molecule has 0 unspecified atom stereocenters. The van der Waals surface area contributed by atoms with Gasteiger partial charge in [-0.2, -0.15) is 0 Å². The zero-order chi connectivity index (χ0) is 34.9. The van der Waals surface area contributed by atoms with Gasteiger partial charge in [-0.1, -0.05) is 121 Å². The number of furan rings is 1. The third kappa shape index (κ3) is 4.93. The minimum absolute atomic E-state index is 0.870. The van der Waals surface area contributed by atoms with Crippen molar-refractivity contribution in [2.24, 2.45) is 0 Å². The molecule has 0 aliphatic rings. The summed E-state index contributed by atoms with van der Waals surface area (Å²) in [7, 11) is 0. The molecule has 0 spiro atoms. The third-order valence-electron chi connectivity index (χ3n) is 10.6. The van der Waals surface area contributed by atoms with Crippen molar-refractivity contribution in [1.29, 1.82) is 0 Å². The van der Waals surface area contributed by atoms with Gasteiger partial charge < -0.3 is 9.32 Å². The lowest BCUT2D eigenvalue weighted by Gasteiger charge is -2.26. The Labute approximate surface area is 310 Å². The van der Waals surface area contributed by atoms with Crippen LogP contribution in [-0.4, -0.2) is 0 Å². The van der Waals surface area contributed by atoms with Gasteiger partial charge in [0.2, 0.25) is 0 Å². The minimum Gasteiger partial charge on any atom is -0.456 e. The van der Waals surface area contributed by atoms with Crippen molar-refractivity contribution in [1.82, 2.24) is 0 Å². The normalized spacial score (nSPS) is 11.8. The second kappa shape index (κ2) is 11.9. The summed E-state index contributed by atoms with van der Waals surface area (Å²) in [6, 6.07) is 68.0. The molecule has 11 aromatic rings. The summed E-state index contributed by atoms with van der Waals surface area (Å²) >= 11 is 1.85. The molecule has 2 heterocycles. The molecule has 9 aromatic carbocycles. The molecule has 0 aliphatic heterocycles. The average molecular weight is 694 g/mol. The quantitative estimate of drug-likeness (QED) is 0.167. The van der Waals surface area contributed by atoms with Crippen LogP contribution in [0.3, 0.4) is 0 Å². The van der Waals surface area contributed by atoms with E-state index in [4.69, 9.17) is 4.42 Å². The first-order chi connectivity index (χ1) is 26.2. The Bertz CT molecular complexity index is 3170. The van der Waals surface area contributed by atoms with Crippen LogP contribution in [-0.2, 0) is 0 Å². The molecule has 0 saturated heterocycles. The van der Waals surface area contributed by atoms with Gasteiger partial charge in [0.05, 0.1) is 11.1 Å². The first-order valence-corrected chi connectivity index (χ1v) is 18.8. The zero-order valence-corrected chi connectivity index (χ0v) is 29.5. The second-order valence-corrected chi connectivity index (χ2v) is 14.8. The first kappa shape index (κ1) is 30.0. The second-order valence-electron chi connectivity index (χ2n) is 13.7. The molecule has 53 heavy (non-hydrogen) atoms. The van der Waals surface area contributed by atoms with Gasteiger partial charge in [0.1, 0.15) is 11.2 Å². The number of benzene rings is 9. The maximum absolute atomic E-state index is 6.54. The van der Waals surface area contributed by atoms with Gasteiger partial charge in [-0.05, 0) is 111 Å². The Morgan fingerprint density at radius 3 is 1.94 bits per heavy atom. The van der Waals surface area contributed by atoms with E-state index in [-0.39, 0.29) is 0 Å². The summed E-state index contributed by atoms with van der Waals surface area (Å²) < 4.78 is 9.12. The van der Waals surface area contributed by atoms with Gasteiger partial charge >= 0.3 is 0 Å². The Morgan fingerprint density at radius 2 is 1.04 bits per heavy atom. The molecule has 248 valence electrons. The monoisotopic (exact) mass is 693 g/mol. The van der Waals surface area contributed by atoms with E-state index in [1.54, 1.807) is 0 Å². The van der Waals surface area contributed by atoms with E-state index >= 15 is 0 Å². The molecule has 2 aromatic heterocycles. The predicted octanol–water partition coefficient (Wildman–Crippen LogP) is 15.1. The fraction of sp³-hybridized carbons (Fsp3) is 0. The van der Waals surface area contributed by atoms with E-state index in [1.165, 1.54) is 64.0 Å². The van der Waals surface area contributed by atoms with Crippen LogP contribution in [0.25, 0.3) is 85.9 Å². The number of hydrogen-bond acceptors (Lipinski definition) is 3. The summed E-state index contributed by atoms with van der Waals surface area (Å²) in [5, 5.41) is 9.83. The fourth-order valence-corrected chi connectivity index (χ4v) is 9.17. The topological polar surface area (TPSA) is 16.4 Å². The SMILES string of the molecule is c1ccc(-c2ccc3oc4cccc(N(c5ccc(-c6ccc7c(ccc8ccccc87)c6)cc5)c5ccc6sc7ccccc7c6c5)c4c3c2)cc1.